The molecule has 0 saturated carbocycles. The molecule has 0 spiro atoms. The smallest absolute Gasteiger partial charge is 0.0205 e. The van der Waals surface area contributed by atoms with Gasteiger partial charge in [-0.1, -0.05) is 30.3 Å². The van der Waals surface area contributed by atoms with Gasteiger partial charge in [-0.25, -0.2) is 0 Å². The van der Waals surface area contributed by atoms with Crippen LogP contribution in [0.5, 0.6) is 0 Å². The Morgan fingerprint density at radius 3 is 2.69 bits per heavy atom. The summed E-state index contributed by atoms with van der Waals surface area (Å²) in [6, 6.07) is 10.5. The molecule has 0 atom stereocenters. The summed E-state index contributed by atoms with van der Waals surface area (Å²) >= 11 is 1.91. The molecule has 0 aromatic heterocycles. The van der Waals surface area contributed by atoms with Crippen molar-refractivity contribution < 1.29 is 0 Å². The molecule has 0 unspecified atom stereocenters. The van der Waals surface area contributed by atoms with Crippen molar-refractivity contribution in [3.63, 3.8) is 0 Å². The first-order valence-corrected chi connectivity index (χ1v) is 6.06. The molecule has 1 nitrogen and oxygen atoms in total. The fraction of sp³-hybridized carbons (Fsp3) is 0.455. The molecule has 0 radical (unpaired) electrons. The van der Waals surface area contributed by atoms with E-state index in [1.54, 1.807) is 0 Å². The first-order chi connectivity index (χ1) is 6.43. The maximum absolute atomic E-state index is 3.42. The summed E-state index contributed by atoms with van der Waals surface area (Å²) in [5.74, 6) is 1.25. The molecule has 0 bridgehead atoms. The standard InChI is InChI=1S/C11H17NS/c1-13-9-5-8-12-10-11-6-3-2-4-7-11/h2-4,6-7,12H,5,8-10H2,1H3. The van der Waals surface area contributed by atoms with Crippen molar-refractivity contribution in [2.45, 2.75) is 13.0 Å². The fourth-order valence-electron chi connectivity index (χ4n) is 1.17. The quantitative estimate of drug-likeness (QED) is 0.700. The predicted octanol–water partition coefficient (Wildman–Crippen LogP) is 2.53. The van der Waals surface area contributed by atoms with E-state index in [4.69, 9.17) is 0 Å². The molecule has 0 heterocycles. The Hall–Kier alpha value is -0.470. The van der Waals surface area contributed by atoms with Crippen LogP contribution in [0.2, 0.25) is 0 Å². The summed E-state index contributed by atoms with van der Waals surface area (Å²) < 4.78 is 0. The molecular formula is C11H17NS. The second-order valence-corrected chi connectivity index (χ2v) is 3.99. The van der Waals surface area contributed by atoms with Crippen LogP contribution < -0.4 is 5.32 Å². The Kier molecular flexibility index (Phi) is 5.70. The van der Waals surface area contributed by atoms with E-state index in [-0.39, 0.29) is 0 Å². The number of thioether (sulfide) groups is 1. The number of benzene rings is 1. The third-order valence-electron chi connectivity index (χ3n) is 1.87. The van der Waals surface area contributed by atoms with Gasteiger partial charge in [-0.15, -0.1) is 0 Å². The zero-order valence-electron chi connectivity index (χ0n) is 8.12. The van der Waals surface area contributed by atoms with Gasteiger partial charge in [0.15, 0.2) is 0 Å². The number of hydrogen-bond acceptors (Lipinski definition) is 2. The SMILES string of the molecule is CSCCCNCc1ccccc1. The summed E-state index contributed by atoms with van der Waals surface area (Å²) in [7, 11) is 0. The zero-order chi connectivity index (χ0) is 9.36. The van der Waals surface area contributed by atoms with E-state index in [2.05, 4.69) is 41.9 Å². The minimum Gasteiger partial charge on any atom is -0.313 e. The van der Waals surface area contributed by atoms with Crippen LogP contribution in [0.3, 0.4) is 0 Å². The van der Waals surface area contributed by atoms with Crippen LogP contribution in [-0.4, -0.2) is 18.6 Å². The van der Waals surface area contributed by atoms with Crippen LogP contribution in [0.1, 0.15) is 12.0 Å². The molecule has 1 aromatic carbocycles. The van der Waals surface area contributed by atoms with Gasteiger partial charge >= 0.3 is 0 Å². The normalized spacial score (nSPS) is 10.2. The molecule has 0 fully saturated rings. The van der Waals surface area contributed by atoms with E-state index in [0.717, 1.165) is 13.1 Å². The number of hydrogen-bond donors (Lipinski definition) is 1. The van der Waals surface area contributed by atoms with Crippen molar-refractivity contribution in [1.29, 1.82) is 0 Å². The maximum Gasteiger partial charge on any atom is 0.0205 e. The lowest BCUT2D eigenvalue weighted by Gasteiger charge is -2.03. The van der Waals surface area contributed by atoms with Gasteiger partial charge in [0.05, 0.1) is 0 Å². The van der Waals surface area contributed by atoms with E-state index in [1.165, 1.54) is 17.7 Å². The highest BCUT2D eigenvalue weighted by Gasteiger charge is 1.89. The van der Waals surface area contributed by atoms with E-state index in [9.17, 15) is 0 Å². The van der Waals surface area contributed by atoms with Crippen molar-refractivity contribution in [1.82, 2.24) is 5.32 Å². The van der Waals surface area contributed by atoms with Crippen LogP contribution in [0, 0.1) is 0 Å². The summed E-state index contributed by atoms with van der Waals surface area (Å²) in [4.78, 5) is 0. The molecule has 72 valence electrons. The van der Waals surface area contributed by atoms with Crippen molar-refractivity contribution in [2.24, 2.45) is 0 Å². The average Bonchev–Trinajstić information content (AvgIpc) is 2.19. The van der Waals surface area contributed by atoms with Gasteiger partial charge in [0, 0.05) is 6.54 Å². The third kappa shape index (κ3) is 4.96. The minimum absolute atomic E-state index is 0.995. The minimum atomic E-state index is 0.995. The monoisotopic (exact) mass is 195 g/mol. The molecule has 2 heteroatoms. The van der Waals surface area contributed by atoms with Crippen LogP contribution in [-0.2, 0) is 6.54 Å². The molecule has 0 aliphatic carbocycles. The van der Waals surface area contributed by atoms with Crippen molar-refractivity contribution in [3.8, 4) is 0 Å². The van der Waals surface area contributed by atoms with Crippen LogP contribution >= 0.6 is 11.8 Å². The lowest BCUT2D eigenvalue weighted by atomic mass is 10.2. The summed E-state index contributed by atoms with van der Waals surface area (Å²) in [6.45, 7) is 2.12. The fourth-order valence-corrected chi connectivity index (χ4v) is 1.60. The molecule has 1 aromatic rings. The second kappa shape index (κ2) is 6.98. The van der Waals surface area contributed by atoms with Crippen molar-refractivity contribution in [3.05, 3.63) is 35.9 Å². The molecular weight excluding hydrogens is 178 g/mol. The molecule has 0 aliphatic heterocycles. The van der Waals surface area contributed by atoms with E-state index in [1.807, 2.05) is 11.8 Å². The molecule has 1 rings (SSSR count). The highest BCUT2D eigenvalue weighted by atomic mass is 32.2. The van der Waals surface area contributed by atoms with E-state index < -0.39 is 0 Å². The summed E-state index contributed by atoms with van der Waals surface area (Å²) in [5.41, 5.74) is 1.37. The van der Waals surface area contributed by atoms with Gasteiger partial charge in [0.25, 0.3) is 0 Å². The van der Waals surface area contributed by atoms with E-state index in [0.29, 0.717) is 0 Å². The summed E-state index contributed by atoms with van der Waals surface area (Å²) in [6.07, 6.45) is 3.41. The summed E-state index contributed by atoms with van der Waals surface area (Å²) in [5, 5.41) is 3.42. The number of nitrogens with one attached hydrogen (secondary N) is 1. The average molecular weight is 195 g/mol. The highest BCUT2D eigenvalue weighted by Crippen LogP contribution is 1.98. The largest absolute Gasteiger partial charge is 0.313 e. The van der Waals surface area contributed by atoms with Gasteiger partial charge in [-0.2, -0.15) is 11.8 Å². The molecule has 1 N–H and O–H groups in total. The van der Waals surface area contributed by atoms with Crippen molar-refractivity contribution >= 4 is 11.8 Å². The predicted molar refractivity (Wildman–Crippen MR) is 61.1 cm³/mol. The van der Waals surface area contributed by atoms with Crippen molar-refractivity contribution in [2.75, 3.05) is 18.6 Å². The third-order valence-corrected chi connectivity index (χ3v) is 2.57. The van der Waals surface area contributed by atoms with Gasteiger partial charge in [-0.3, -0.25) is 0 Å². The topological polar surface area (TPSA) is 12.0 Å². The lowest BCUT2D eigenvalue weighted by Crippen LogP contribution is -2.15. The van der Waals surface area contributed by atoms with Crippen LogP contribution in [0.25, 0.3) is 0 Å². The van der Waals surface area contributed by atoms with Gasteiger partial charge < -0.3 is 5.32 Å². The van der Waals surface area contributed by atoms with Gasteiger partial charge in [-0.05, 0) is 30.5 Å². The first kappa shape index (κ1) is 10.6. The Labute approximate surface area is 84.9 Å². The number of rotatable bonds is 6. The molecule has 0 aliphatic rings. The Bertz CT molecular complexity index is 211. The zero-order valence-corrected chi connectivity index (χ0v) is 8.94. The lowest BCUT2D eigenvalue weighted by molar-refractivity contribution is 0.679. The molecule has 0 saturated heterocycles. The van der Waals surface area contributed by atoms with Gasteiger partial charge in [0.2, 0.25) is 0 Å². The second-order valence-electron chi connectivity index (χ2n) is 3.01. The van der Waals surface area contributed by atoms with Crippen LogP contribution in [0.15, 0.2) is 30.3 Å². The molecule has 0 amide bonds. The Morgan fingerprint density at radius 2 is 2.00 bits per heavy atom. The van der Waals surface area contributed by atoms with Gasteiger partial charge in [0.1, 0.15) is 0 Å². The molecule has 13 heavy (non-hydrogen) atoms. The van der Waals surface area contributed by atoms with E-state index >= 15 is 0 Å². The Morgan fingerprint density at radius 1 is 1.23 bits per heavy atom. The Balaban J connectivity index is 2.07. The first-order valence-electron chi connectivity index (χ1n) is 4.67. The maximum atomic E-state index is 3.42. The van der Waals surface area contributed by atoms with Crippen LogP contribution in [0.4, 0.5) is 0 Å². The highest BCUT2D eigenvalue weighted by molar-refractivity contribution is 7.98.